The summed E-state index contributed by atoms with van der Waals surface area (Å²) in [6, 6.07) is 10.4. The smallest absolute Gasteiger partial charge is 0.363 e. The summed E-state index contributed by atoms with van der Waals surface area (Å²) in [5.74, 6) is -0.708. The summed E-state index contributed by atoms with van der Waals surface area (Å²) in [6.07, 6.45) is 1.44. The minimum atomic E-state index is -0.702. The molecule has 0 atom stereocenters. The summed E-state index contributed by atoms with van der Waals surface area (Å²) in [7, 11) is 1.43. The first-order valence-corrected chi connectivity index (χ1v) is 8.01. The van der Waals surface area contributed by atoms with Crippen LogP contribution in [0.25, 0.3) is 6.08 Å². The van der Waals surface area contributed by atoms with Crippen LogP contribution in [0.2, 0.25) is 0 Å². The van der Waals surface area contributed by atoms with Crippen molar-refractivity contribution in [3.05, 3.63) is 69.4 Å². The highest BCUT2D eigenvalue weighted by Gasteiger charge is 2.25. The van der Waals surface area contributed by atoms with Gasteiger partial charge in [0.05, 0.1) is 12.0 Å². The largest absolute Gasteiger partial charge is 0.493 e. The Morgan fingerprint density at radius 3 is 2.68 bits per heavy atom. The Labute approximate surface area is 159 Å². The van der Waals surface area contributed by atoms with Gasteiger partial charge in [-0.1, -0.05) is 12.1 Å². The molecule has 0 aliphatic carbocycles. The van der Waals surface area contributed by atoms with Crippen LogP contribution in [0.1, 0.15) is 18.1 Å². The predicted octanol–water partition coefficient (Wildman–Crippen LogP) is 2.87. The molecule has 3 rings (SSSR count). The number of nitro benzene ring substituents is 1. The fourth-order valence-corrected chi connectivity index (χ4v) is 2.46. The van der Waals surface area contributed by atoms with Crippen molar-refractivity contribution in [3.8, 4) is 11.5 Å². The van der Waals surface area contributed by atoms with E-state index in [1.54, 1.807) is 18.2 Å². The van der Waals surface area contributed by atoms with Crippen LogP contribution in [-0.2, 0) is 14.3 Å². The third kappa shape index (κ3) is 4.04. The molecule has 2 aromatic carbocycles. The molecule has 142 valence electrons. The summed E-state index contributed by atoms with van der Waals surface area (Å²) in [5, 5.41) is 10.9. The number of rotatable bonds is 5. The second-order valence-corrected chi connectivity index (χ2v) is 5.65. The molecule has 0 spiro atoms. The number of hydrogen-bond donors (Lipinski definition) is 0. The van der Waals surface area contributed by atoms with E-state index in [0.717, 1.165) is 0 Å². The number of carbonyl (C=O) groups excluding carboxylic acids is 2. The molecule has 1 aliphatic heterocycles. The van der Waals surface area contributed by atoms with Gasteiger partial charge in [-0.15, -0.1) is 0 Å². The highest BCUT2D eigenvalue weighted by Crippen LogP contribution is 2.30. The van der Waals surface area contributed by atoms with E-state index in [1.807, 2.05) is 0 Å². The van der Waals surface area contributed by atoms with E-state index in [-0.39, 0.29) is 23.0 Å². The first-order chi connectivity index (χ1) is 13.4. The van der Waals surface area contributed by atoms with Crippen molar-refractivity contribution in [3.63, 3.8) is 0 Å². The van der Waals surface area contributed by atoms with Crippen molar-refractivity contribution in [1.82, 2.24) is 0 Å². The molecule has 0 unspecified atom stereocenters. The molecule has 0 N–H and O–H groups in total. The predicted molar refractivity (Wildman–Crippen MR) is 98.0 cm³/mol. The maximum absolute atomic E-state index is 12.1. The number of aliphatic imine (C=N–C) groups is 1. The van der Waals surface area contributed by atoms with Crippen molar-refractivity contribution >= 4 is 29.6 Å². The van der Waals surface area contributed by atoms with E-state index >= 15 is 0 Å². The Morgan fingerprint density at radius 1 is 1.21 bits per heavy atom. The lowest BCUT2D eigenvalue weighted by Crippen LogP contribution is -2.05. The van der Waals surface area contributed by atoms with Crippen molar-refractivity contribution in [2.45, 2.75) is 6.92 Å². The second-order valence-electron chi connectivity index (χ2n) is 5.65. The Morgan fingerprint density at radius 2 is 2.00 bits per heavy atom. The van der Waals surface area contributed by atoms with Gasteiger partial charge in [-0.2, -0.15) is 0 Å². The summed E-state index contributed by atoms with van der Waals surface area (Å²) in [4.78, 5) is 37.8. The van der Waals surface area contributed by atoms with Gasteiger partial charge in [0.25, 0.3) is 5.69 Å². The molecule has 0 saturated carbocycles. The average Bonchev–Trinajstić information content (AvgIpc) is 3.02. The summed E-state index contributed by atoms with van der Waals surface area (Å²) >= 11 is 0. The molecule has 0 saturated heterocycles. The number of cyclic esters (lactones) is 1. The molecular formula is C19H14N2O7. The molecule has 0 radical (unpaired) electrons. The molecule has 9 heteroatoms. The van der Waals surface area contributed by atoms with Crippen molar-refractivity contribution < 1.29 is 28.7 Å². The molecule has 0 aromatic heterocycles. The second kappa shape index (κ2) is 7.70. The summed E-state index contributed by atoms with van der Waals surface area (Å²) < 4.78 is 15.3. The van der Waals surface area contributed by atoms with Gasteiger partial charge in [0.2, 0.25) is 5.90 Å². The summed E-state index contributed by atoms with van der Waals surface area (Å²) in [6.45, 7) is 1.26. The lowest BCUT2D eigenvalue weighted by molar-refractivity contribution is -0.384. The van der Waals surface area contributed by atoms with Gasteiger partial charge >= 0.3 is 11.9 Å². The maximum atomic E-state index is 12.1. The van der Waals surface area contributed by atoms with Gasteiger partial charge in [0, 0.05) is 24.6 Å². The SMILES string of the molecule is COc1ccc(C=C2N=C(c3cccc([N+](=O)[O-])c3)OC2=O)cc1OC(C)=O. The van der Waals surface area contributed by atoms with Crippen LogP contribution in [0, 0.1) is 10.1 Å². The molecule has 0 fully saturated rings. The average molecular weight is 382 g/mol. The van der Waals surface area contributed by atoms with E-state index in [0.29, 0.717) is 16.9 Å². The number of hydrogen-bond acceptors (Lipinski definition) is 8. The zero-order valence-corrected chi connectivity index (χ0v) is 14.9. The molecule has 2 aromatic rings. The van der Waals surface area contributed by atoms with E-state index in [1.165, 1.54) is 44.4 Å². The van der Waals surface area contributed by atoms with Crippen LogP contribution in [0.3, 0.4) is 0 Å². The molecular weight excluding hydrogens is 368 g/mol. The number of ether oxygens (including phenoxy) is 3. The molecule has 28 heavy (non-hydrogen) atoms. The van der Waals surface area contributed by atoms with E-state index in [9.17, 15) is 19.7 Å². The number of esters is 2. The third-order valence-corrected chi connectivity index (χ3v) is 3.67. The van der Waals surface area contributed by atoms with Gasteiger partial charge in [0.15, 0.2) is 17.2 Å². The topological polar surface area (TPSA) is 117 Å². The normalized spacial score (nSPS) is 14.4. The third-order valence-electron chi connectivity index (χ3n) is 3.67. The van der Waals surface area contributed by atoms with Gasteiger partial charge in [0.1, 0.15) is 0 Å². The zero-order valence-electron chi connectivity index (χ0n) is 14.9. The first-order valence-electron chi connectivity index (χ1n) is 8.01. The number of benzene rings is 2. The van der Waals surface area contributed by atoms with Gasteiger partial charge < -0.3 is 14.2 Å². The van der Waals surface area contributed by atoms with Gasteiger partial charge in [-0.25, -0.2) is 9.79 Å². The minimum Gasteiger partial charge on any atom is -0.493 e. The number of methoxy groups -OCH3 is 1. The van der Waals surface area contributed by atoms with Crippen LogP contribution in [0.15, 0.2) is 53.2 Å². The van der Waals surface area contributed by atoms with E-state index < -0.39 is 16.9 Å². The lowest BCUT2D eigenvalue weighted by Gasteiger charge is -2.08. The Kier molecular flexibility index (Phi) is 5.16. The maximum Gasteiger partial charge on any atom is 0.363 e. The first kappa shape index (κ1) is 18.8. The van der Waals surface area contributed by atoms with Gasteiger partial charge in [-0.05, 0) is 29.8 Å². The van der Waals surface area contributed by atoms with Crippen LogP contribution in [0.5, 0.6) is 11.5 Å². The Balaban J connectivity index is 1.94. The molecule has 0 amide bonds. The van der Waals surface area contributed by atoms with Gasteiger partial charge in [-0.3, -0.25) is 14.9 Å². The van der Waals surface area contributed by atoms with Crippen molar-refractivity contribution in [2.24, 2.45) is 4.99 Å². The molecule has 1 heterocycles. The number of carbonyl (C=O) groups is 2. The Hall–Kier alpha value is -4.01. The fourth-order valence-electron chi connectivity index (χ4n) is 2.46. The molecule has 0 bridgehead atoms. The van der Waals surface area contributed by atoms with Crippen molar-refractivity contribution in [1.29, 1.82) is 0 Å². The monoisotopic (exact) mass is 382 g/mol. The number of non-ortho nitro benzene ring substituents is 1. The van der Waals surface area contributed by atoms with Crippen LogP contribution in [0.4, 0.5) is 5.69 Å². The van der Waals surface area contributed by atoms with Crippen LogP contribution >= 0.6 is 0 Å². The number of nitro groups is 1. The van der Waals surface area contributed by atoms with E-state index in [2.05, 4.69) is 4.99 Å². The molecule has 1 aliphatic rings. The fraction of sp³-hybridized carbons (Fsp3) is 0.105. The van der Waals surface area contributed by atoms with Crippen molar-refractivity contribution in [2.75, 3.05) is 7.11 Å². The van der Waals surface area contributed by atoms with Crippen LogP contribution in [-0.4, -0.2) is 29.9 Å². The standard InChI is InChI=1S/C19H14N2O7/c1-11(22)27-17-9-12(6-7-16(17)26-2)8-15-19(23)28-18(20-15)13-4-3-5-14(10-13)21(24)25/h3-10H,1-2H3. The minimum absolute atomic E-state index is 0.000415. The quantitative estimate of drug-likeness (QED) is 0.256. The highest BCUT2D eigenvalue weighted by atomic mass is 16.6. The lowest BCUT2D eigenvalue weighted by atomic mass is 10.1. The highest BCUT2D eigenvalue weighted by molar-refractivity contribution is 6.13. The van der Waals surface area contributed by atoms with Crippen LogP contribution < -0.4 is 9.47 Å². The Bertz CT molecular complexity index is 1040. The van der Waals surface area contributed by atoms with E-state index in [4.69, 9.17) is 14.2 Å². The summed E-state index contributed by atoms with van der Waals surface area (Å²) in [5.41, 5.74) is 0.685. The number of nitrogens with zero attached hydrogens (tertiary/aromatic N) is 2. The zero-order chi connectivity index (χ0) is 20.3. The molecule has 9 nitrogen and oxygen atoms in total.